The van der Waals surface area contributed by atoms with E-state index in [4.69, 9.17) is 9.94 Å². The Kier molecular flexibility index (Phi) is 3.33. The molecule has 1 rings (SSSR count). The van der Waals surface area contributed by atoms with Crippen LogP contribution in [0.2, 0.25) is 0 Å². The molecule has 3 N–H and O–H groups in total. The first kappa shape index (κ1) is 11.1. The molecule has 0 spiro atoms. The fourth-order valence-electron chi connectivity index (χ4n) is 1.24. The molecule has 6 heteroatoms. The number of nitrogens with zero attached hydrogens (tertiary/aromatic N) is 1. The lowest BCUT2D eigenvalue weighted by Gasteiger charge is -2.00. The molecule has 0 unspecified atom stereocenters. The van der Waals surface area contributed by atoms with Gasteiger partial charge in [0.25, 0.3) is 0 Å². The number of aromatic nitrogens is 1. The average molecular weight is 212 g/mol. The summed E-state index contributed by atoms with van der Waals surface area (Å²) >= 11 is 0. The van der Waals surface area contributed by atoms with E-state index in [1.54, 1.807) is 13.8 Å². The highest BCUT2D eigenvalue weighted by atomic mass is 16.5. The number of aryl methyl sites for hydroxylation is 1. The van der Waals surface area contributed by atoms with Crippen molar-refractivity contribution in [2.24, 2.45) is 5.16 Å². The summed E-state index contributed by atoms with van der Waals surface area (Å²) in [4.78, 5) is 14.1. The minimum Gasteiger partial charge on any atom is -0.505 e. The second-order valence-electron chi connectivity index (χ2n) is 2.85. The van der Waals surface area contributed by atoms with Gasteiger partial charge in [0.05, 0.1) is 12.8 Å². The summed E-state index contributed by atoms with van der Waals surface area (Å²) in [7, 11) is 0. The number of rotatable bonds is 3. The second-order valence-corrected chi connectivity index (χ2v) is 2.85. The fourth-order valence-corrected chi connectivity index (χ4v) is 1.24. The van der Waals surface area contributed by atoms with Crippen LogP contribution in [0.15, 0.2) is 5.16 Å². The maximum absolute atomic E-state index is 11.4. The molecule has 0 aliphatic rings. The number of hydrogen-bond acceptors (Lipinski definition) is 5. The number of ether oxygens (including phenoxy) is 1. The van der Waals surface area contributed by atoms with E-state index in [1.807, 2.05) is 0 Å². The first-order valence-corrected chi connectivity index (χ1v) is 4.37. The van der Waals surface area contributed by atoms with E-state index in [2.05, 4.69) is 10.1 Å². The second kappa shape index (κ2) is 4.50. The molecule has 0 radical (unpaired) electrons. The van der Waals surface area contributed by atoms with Crippen LogP contribution in [0.25, 0.3) is 0 Å². The van der Waals surface area contributed by atoms with Crippen LogP contribution in [-0.4, -0.2) is 34.1 Å². The van der Waals surface area contributed by atoms with Crippen molar-refractivity contribution in [1.29, 1.82) is 0 Å². The van der Waals surface area contributed by atoms with Gasteiger partial charge >= 0.3 is 5.97 Å². The molecule has 1 aromatic rings. The number of nitrogens with one attached hydrogen (secondary N) is 1. The minimum absolute atomic E-state index is 0.0618. The molecule has 0 aliphatic carbocycles. The summed E-state index contributed by atoms with van der Waals surface area (Å²) in [6.45, 7) is 3.51. The Hall–Kier alpha value is -1.98. The van der Waals surface area contributed by atoms with E-state index in [9.17, 15) is 9.90 Å². The Morgan fingerprint density at radius 1 is 1.67 bits per heavy atom. The smallest absolute Gasteiger partial charge is 0.343 e. The molecule has 0 amide bonds. The van der Waals surface area contributed by atoms with Crippen molar-refractivity contribution >= 4 is 12.2 Å². The van der Waals surface area contributed by atoms with Gasteiger partial charge in [-0.15, -0.1) is 0 Å². The van der Waals surface area contributed by atoms with Gasteiger partial charge in [0, 0.05) is 5.69 Å². The number of carbonyl (C=O) groups is 1. The molecule has 15 heavy (non-hydrogen) atoms. The van der Waals surface area contributed by atoms with Gasteiger partial charge in [0.15, 0.2) is 5.75 Å². The third-order valence-corrected chi connectivity index (χ3v) is 1.86. The number of oxime groups is 1. The van der Waals surface area contributed by atoms with Crippen LogP contribution in [-0.2, 0) is 4.74 Å². The summed E-state index contributed by atoms with van der Waals surface area (Å²) in [5.74, 6) is -0.884. The maximum Gasteiger partial charge on any atom is 0.343 e. The summed E-state index contributed by atoms with van der Waals surface area (Å²) in [5, 5.41) is 20.7. The first-order valence-electron chi connectivity index (χ1n) is 4.37. The molecule has 0 aliphatic heterocycles. The van der Waals surface area contributed by atoms with Crippen LogP contribution in [0, 0.1) is 6.92 Å². The third kappa shape index (κ3) is 2.09. The van der Waals surface area contributed by atoms with Crippen molar-refractivity contribution < 1.29 is 19.8 Å². The van der Waals surface area contributed by atoms with Gasteiger partial charge in [-0.1, -0.05) is 5.16 Å². The van der Waals surface area contributed by atoms with Crippen molar-refractivity contribution in [2.45, 2.75) is 13.8 Å². The molecule has 0 saturated heterocycles. The highest BCUT2D eigenvalue weighted by Crippen LogP contribution is 2.25. The molecular formula is C9H12N2O4. The zero-order chi connectivity index (χ0) is 11.4. The van der Waals surface area contributed by atoms with Crippen LogP contribution in [0.5, 0.6) is 5.75 Å². The molecule has 6 nitrogen and oxygen atoms in total. The number of H-pyrrole nitrogens is 1. The Bertz CT molecular complexity index is 395. The predicted octanol–water partition coefficient (Wildman–Crippen LogP) is 1.01. The van der Waals surface area contributed by atoms with E-state index in [0.29, 0.717) is 5.69 Å². The normalized spacial score (nSPS) is 10.8. The van der Waals surface area contributed by atoms with Gasteiger partial charge in [-0.3, -0.25) is 0 Å². The molecule has 1 aromatic heterocycles. The molecule has 0 atom stereocenters. The van der Waals surface area contributed by atoms with Crippen LogP contribution >= 0.6 is 0 Å². The zero-order valence-corrected chi connectivity index (χ0v) is 8.44. The van der Waals surface area contributed by atoms with Crippen molar-refractivity contribution in [3.8, 4) is 5.75 Å². The SMILES string of the molecule is CCOC(=O)c1c(C)[nH]c(/C=N\O)c1O. The molecule has 0 aromatic carbocycles. The number of aromatic amines is 1. The zero-order valence-electron chi connectivity index (χ0n) is 8.44. The number of carbonyl (C=O) groups excluding carboxylic acids is 1. The van der Waals surface area contributed by atoms with Crippen LogP contribution in [0.3, 0.4) is 0 Å². The third-order valence-electron chi connectivity index (χ3n) is 1.86. The quantitative estimate of drug-likeness (QED) is 0.301. The maximum atomic E-state index is 11.4. The lowest BCUT2D eigenvalue weighted by atomic mass is 10.2. The van der Waals surface area contributed by atoms with Crippen molar-refractivity contribution in [3.05, 3.63) is 17.0 Å². The van der Waals surface area contributed by atoms with Gasteiger partial charge in [0.1, 0.15) is 11.3 Å². The lowest BCUT2D eigenvalue weighted by molar-refractivity contribution is 0.0522. The fraction of sp³-hybridized carbons (Fsp3) is 0.333. The van der Waals surface area contributed by atoms with Crippen molar-refractivity contribution in [1.82, 2.24) is 4.98 Å². The number of aromatic hydroxyl groups is 1. The number of hydrogen-bond donors (Lipinski definition) is 3. The summed E-state index contributed by atoms with van der Waals surface area (Å²) < 4.78 is 4.76. The van der Waals surface area contributed by atoms with Gasteiger partial charge in [0.2, 0.25) is 0 Å². The van der Waals surface area contributed by atoms with E-state index in [-0.39, 0.29) is 23.6 Å². The monoisotopic (exact) mass is 212 g/mol. The summed E-state index contributed by atoms with van der Waals surface area (Å²) in [6.07, 6.45) is 1.01. The minimum atomic E-state index is -0.610. The Morgan fingerprint density at radius 2 is 2.33 bits per heavy atom. The number of esters is 1. The highest BCUT2D eigenvalue weighted by molar-refractivity contribution is 5.97. The Labute approximate surface area is 86.2 Å². The molecular weight excluding hydrogens is 200 g/mol. The van der Waals surface area contributed by atoms with Crippen molar-refractivity contribution in [2.75, 3.05) is 6.61 Å². The molecule has 0 saturated carbocycles. The lowest BCUT2D eigenvalue weighted by Crippen LogP contribution is -2.05. The Balaban J connectivity index is 3.13. The Morgan fingerprint density at radius 3 is 2.87 bits per heavy atom. The van der Waals surface area contributed by atoms with Crippen LogP contribution in [0.4, 0.5) is 0 Å². The molecule has 0 fully saturated rings. The highest BCUT2D eigenvalue weighted by Gasteiger charge is 2.20. The van der Waals surface area contributed by atoms with Crippen LogP contribution in [0.1, 0.15) is 28.7 Å². The molecule has 0 bridgehead atoms. The van der Waals surface area contributed by atoms with Gasteiger partial charge < -0.3 is 20.0 Å². The van der Waals surface area contributed by atoms with Crippen LogP contribution < -0.4 is 0 Å². The van der Waals surface area contributed by atoms with Gasteiger partial charge in [-0.05, 0) is 13.8 Å². The predicted molar refractivity (Wildman–Crippen MR) is 52.5 cm³/mol. The van der Waals surface area contributed by atoms with E-state index in [0.717, 1.165) is 6.21 Å². The van der Waals surface area contributed by atoms with Crippen molar-refractivity contribution in [3.63, 3.8) is 0 Å². The largest absolute Gasteiger partial charge is 0.505 e. The van der Waals surface area contributed by atoms with E-state index in [1.165, 1.54) is 0 Å². The van der Waals surface area contributed by atoms with E-state index >= 15 is 0 Å². The average Bonchev–Trinajstić information content (AvgIpc) is 2.43. The van der Waals surface area contributed by atoms with Gasteiger partial charge in [-0.25, -0.2) is 4.79 Å². The van der Waals surface area contributed by atoms with E-state index < -0.39 is 5.97 Å². The topological polar surface area (TPSA) is 94.9 Å². The summed E-state index contributed by atoms with van der Waals surface area (Å²) in [6, 6.07) is 0. The molecule has 82 valence electrons. The summed E-state index contributed by atoms with van der Waals surface area (Å²) in [5.41, 5.74) is 0.686. The molecule has 1 heterocycles. The first-order chi connectivity index (χ1) is 7.11. The van der Waals surface area contributed by atoms with Gasteiger partial charge in [-0.2, -0.15) is 0 Å². The standard InChI is InChI=1S/C9H12N2O4/c1-3-15-9(13)7-5(2)11-6(4-10-14)8(7)12/h4,11-12,14H,3H2,1-2H3/b10-4-.